The average Bonchev–Trinajstić information content (AvgIpc) is 3.20. The molecule has 2 amide bonds. The average molecular weight is 406 g/mol. The summed E-state index contributed by atoms with van der Waals surface area (Å²) in [7, 11) is 0. The summed E-state index contributed by atoms with van der Waals surface area (Å²) in [5, 5.41) is 5.88. The van der Waals surface area contributed by atoms with Gasteiger partial charge in [0.1, 0.15) is 5.82 Å². The highest BCUT2D eigenvalue weighted by Crippen LogP contribution is 2.25. The van der Waals surface area contributed by atoms with Crippen molar-refractivity contribution in [2.45, 2.75) is 39.2 Å². The fourth-order valence-electron chi connectivity index (χ4n) is 4.18. The molecule has 1 aromatic carbocycles. The topological polar surface area (TPSA) is 70.7 Å². The Morgan fingerprint density at radius 2 is 1.86 bits per heavy atom. The van der Waals surface area contributed by atoms with Crippen molar-refractivity contribution < 1.29 is 18.7 Å². The first-order valence-electron chi connectivity index (χ1n) is 10.6. The summed E-state index contributed by atoms with van der Waals surface area (Å²) >= 11 is 0. The van der Waals surface area contributed by atoms with Crippen molar-refractivity contribution in [3.8, 4) is 0 Å². The molecule has 0 radical (unpaired) electrons. The third kappa shape index (κ3) is 6.51. The molecule has 1 aromatic rings. The second kappa shape index (κ2) is 10.2. The summed E-state index contributed by atoms with van der Waals surface area (Å²) in [6, 6.07) is 5.74. The molecule has 2 saturated heterocycles. The smallest absolute Gasteiger partial charge is 0.228 e. The molecule has 2 fully saturated rings. The number of benzene rings is 1. The molecular formula is C22H32FN3O3. The Morgan fingerprint density at radius 3 is 2.48 bits per heavy atom. The minimum atomic E-state index is -0.341. The van der Waals surface area contributed by atoms with Gasteiger partial charge in [0.25, 0.3) is 0 Å². The van der Waals surface area contributed by atoms with Crippen molar-refractivity contribution in [2.75, 3.05) is 38.1 Å². The van der Waals surface area contributed by atoms with Crippen LogP contribution in [0.1, 0.15) is 33.1 Å². The standard InChI is InChI=1S/C22H32FN3O3/c1-15(2)12-26-13-16(21(27)24-11-20-4-3-9-29-20)10-17(14-26)22(28)25-19-7-5-18(23)6-8-19/h5-8,15-17,20H,3-4,9-14H2,1-2H3,(H,24,27)(H,25,28)/t16-,17+,20?/m0/s1. The van der Waals surface area contributed by atoms with Gasteiger partial charge in [-0.05, 0) is 49.4 Å². The van der Waals surface area contributed by atoms with Gasteiger partial charge < -0.3 is 20.3 Å². The number of hydrogen-bond acceptors (Lipinski definition) is 4. The van der Waals surface area contributed by atoms with Gasteiger partial charge in [-0.15, -0.1) is 0 Å². The Balaban J connectivity index is 1.61. The van der Waals surface area contributed by atoms with Gasteiger partial charge in [-0.1, -0.05) is 13.8 Å². The van der Waals surface area contributed by atoms with Crippen LogP contribution in [0.4, 0.5) is 10.1 Å². The monoisotopic (exact) mass is 405 g/mol. The van der Waals surface area contributed by atoms with E-state index in [1.54, 1.807) is 12.1 Å². The number of halogens is 1. The van der Waals surface area contributed by atoms with Crippen LogP contribution in [0.3, 0.4) is 0 Å². The zero-order valence-electron chi connectivity index (χ0n) is 17.3. The van der Waals surface area contributed by atoms with Gasteiger partial charge >= 0.3 is 0 Å². The fraction of sp³-hybridized carbons (Fsp3) is 0.636. The number of rotatable bonds is 7. The zero-order chi connectivity index (χ0) is 20.8. The van der Waals surface area contributed by atoms with Crippen LogP contribution in [0.2, 0.25) is 0 Å². The molecule has 0 saturated carbocycles. The molecule has 0 spiro atoms. The molecule has 2 aliphatic heterocycles. The number of nitrogens with one attached hydrogen (secondary N) is 2. The lowest BCUT2D eigenvalue weighted by molar-refractivity contribution is -0.130. The van der Waals surface area contributed by atoms with E-state index >= 15 is 0 Å². The number of hydrogen-bond donors (Lipinski definition) is 2. The first kappa shape index (κ1) is 21.7. The molecule has 29 heavy (non-hydrogen) atoms. The highest BCUT2D eigenvalue weighted by atomic mass is 19.1. The van der Waals surface area contributed by atoms with Gasteiger partial charge in [0, 0.05) is 38.5 Å². The van der Waals surface area contributed by atoms with E-state index in [2.05, 4.69) is 29.4 Å². The molecule has 2 heterocycles. The molecule has 160 valence electrons. The van der Waals surface area contributed by atoms with Crippen LogP contribution >= 0.6 is 0 Å². The number of carbonyl (C=O) groups excluding carboxylic acids is 2. The number of likely N-dealkylation sites (tertiary alicyclic amines) is 1. The van der Waals surface area contributed by atoms with Crippen molar-refractivity contribution in [2.24, 2.45) is 17.8 Å². The predicted molar refractivity (Wildman–Crippen MR) is 110 cm³/mol. The van der Waals surface area contributed by atoms with Crippen LogP contribution in [0.25, 0.3) is 0 Å². The molecular weight excluding hydrogens is 373 g/mol. The van der Waals surface area contributed by atoms with Gasteiger partial charge in [0.05, 0.1) is 17.9 Å². The zero-order valence-corrected chi connectivity index (χ0v) is 17.3. The van der Waals surface area contributed by atoms with E-state index in [9.17, 15) is 14.0 Å². The minimum absolute atomic E-state index is 0.00598. The van der Waals surface area contributed by atoms with Gasteiger partial charge in [-0.3, -0.25) is 9.59 Å². The molecule has 3 rings (SSSR count). The van der Waals surface area contributed by atoms with Crippen LogP contribution in [-0.4, -0.2) is 55.6 Å². The first-order valence-corrected chi connectivity index (χ1v) is 10.6. The number of anilines is 1. The van der Waals surface area contributed by atoms with E-state index in [1.807, 2.05) is 0 Å². The van der Waals surface area contributed by atoms with E-state index in [0.717, 1.165) is 26.0 Å². The SMILES string of the molecule is CC(C)CN1C[C@@H](C(=O)NCC2CCCO2)C[C@@H](C(=O)Nc2ccc(F)cc2)C1. The molecule has 2 N–H and O–H groups in total. The number of nitrogens with zero attached hydrogens (tertiary/aromatic N) is 1. The minimum Gasteiger partial charge on any atom is -0.376 e. The maximum absolute atomic E-state index is 13.1. The van der Waals surface area contributed by atoms with E-state index < -0.39 is 0 Å². The van der Waals surface area contributed by atoms with E-state index in [0.29, 0.717) is 37.7 Å². The van der Waals surface area contributed by atoms with Crippen LogP contribution in [0.5, 0.6) is 0 Å². The van der Waals surface area contributed by atoms with E-state index in [4.69, 9.17) is 4.74 Å². The molecule has 3 atom stereocenters. The van der Waals surface area contributed by atoms with Gasteiger partial charge in [-0.2, -0.15) is 0 Å². The Bertz CT molecular complexity index is 689. The number of ether oxygens (including phenoxy) is 1. The van der Waals surface area contributed by atoms with Crippen LogP contribution in [-0.2, 0) is 14.3 Å². The molecule has 1 unspecified atom stereocenters. The Labute approximate surface area is 172 Å². The van der Waals surface area contributed by atoms with Gasteiger partial charge in [0.15, 0.2) is 0 Å². The van der Waals surface area contributed by atoms with Crippen molar-refractivity contribution >= 4 is 17.5 Å². The Kier molecular flexibility index (Phi) is 7.61. The normalized spacial score (nSPS) is 25.2. The summed E-state index contributed by atoms with van der Waals surface area (Å²) in [5.74, 6) is -0.536. The predicted octanol–water partition coefficient (Wildman–Crippen LogP) is 2.65. The molecule has 0 aliphatic carbocycles. The number of amides is 2. The van der Waals surface area contributed by atoms with Crippen molar-refractivity contribution in [1.82, 2.24) is 10.2 Å². The summed E-state index contributed by atoms with van der Waals surface area (Å²) in [6.45, 7) is 7.69. The number of piperidine rings is 1. The van der Waals surface area contributed by atoms with E-state index in [-0.39, 0.29) is 35.6 Å². The quantitative estimate of drug-likeness (QED) is 0.732. The molecule has 2 aliphatic rings. The summed E-state index contributed by atoms with van der Waals surface area (Å²) < 4.78 is 18.7. The van der Waals surface area contributed by atoms with Crippen LogP contribution in [0.15, 0.2) is 24.3 Å². The van der Waals surface area contributed by atoms with Gasteiger partial charge in [0.2, 0.25) is 11.8 Å². The highest BCUT2D eigenvalue weighted by Gasteiger charge is 2.35. The highest BCUT2D eigenvalue weighted by molar-refractivity contribution is 5.93. The first-order chi connectivity index (χ1) is 13.9. The molecule has 6 nitrogen and oxygen atoms in total. The summed E-state index contributed by atoms with van der Waals surface area (Å²) in [6.07, 6.45) is 2.64. The second-order valence-corrected chi connectivity index (χ2v) is 8.62. The third-order valence-corrected chi connectivity index (χ3v) is 5.53. The van der Waals surface area contributed by atoms with Crippen molar-refractivity contribution in [3.63, 3.8) is 0 Å². The fourth-order valence-corrected chi connectivity index (χ4v) is 4.18. The second-order valence-electron chi connectivity index (χ2n) is 8.62. The van der Waals surface area contributed by atoms with E-state index in [1.165, 1.54) is 12.1 Å². The molecule has 7 heteroatoms. The van der Waals surface area contributed by atoms with Crippen LogP contribution < -0.4 is 10.6 Å². The Morgan fingerprint density at radius 1 is 1.17 bits per heavy atom. The lowest BCUT2D eigenvalue weighted by atomic mass is 9.87. The maximum atomic E-state index is 13.1. The summed E-state index contributed by atoms with van der Waals surface area (Å²) in [5.41, 5.74) is 0.566. The number of carbonyl (C=O) groups is 2. The summed E-state index contributed by atoms with van der Waals surface area (Å²) in [4.78, 5) is 27.8. The van der Waals surface area contributed by atoms with Gasteiger partial charge in [-0.25, -0.2) is 4.39 Å². The Hall–Kier alpha value is -1.99. The van der Waals surface area contributed by atoms with Crippen molar-refractivity contribution in [1.29, 1.82) is 0 Å². The molecule has 0 bridgehead atoms. The largest absolute Gasteiger partial charge is 0.376 e. The lowest BCUT2D eigenvalue weighted by Crippen LogP contribution is -2.50. The van der Waals surface area contributed by atoms with Crippen LogP contribution in [0, 0.1) is 23.6 Å². The molecule has 0 aromatic heterocycles. The lowest BCUT2D eigenvalue weighted by Gasteiger charge is -2.37. The third-order valence-electron chi connectivity index (χ3n) is 5.53. The maximum Gasteiger partial charge on any atom is 0.228 e. The van der Waals surface area contributed by atoms with Crippen molar-refractivity contribution in [3.05, 3.63) is 30.1 Å².